The molecule has 184 valence electrons. The zero-order valence-electron chi connectivity index (χ0n) is 20.4. The zero-order valence-corrected chi connectivity index (χ0v) is 20.4. The molecule has 0 aliphatic heterocycles. The summed E-state index contributed by atoms with van der Waals surface area (Å²) >= 11 is 0. The summed E-state index contributed by atoms with van der Waals surface area (Å²) in [6.45, 7) is 3.07. The van der Waals surface area contributed by atoms with E-state index in [-0.39, 0.29) is 24.1 Å². The highest BCUT2D eigenvalue weighted by Gasteiger charge is 2.20. The van der Waals surface area contributed by atoms with Crippen LogP contribution in [0.3, 0.4) is 0 Å². The van der Waals surface area contributed by atoms with E-state index in [1.165, 1.54) is 0 Å². The Labute approximate surface area is 210 Å². The summed E-state index contributed by atoms with van der Waals surface area (Å²) in [4.78, 5) is 27.5. The van der Waals surface area contributed by atoms with E-state index < -0.39 is 0 Å². The number of nitrogens with one attached hydrogen (secondary N) is 1. The molecule has 4 rings (SSSR count). The van der Waals surface area contributed by atoms with Gasteiger partial charge < -0.3 is 19.5 Å². The van der Waals surface area contributed by atoms with Gasteiger partial charge in [-0.2, -0.15) is 0 Å². The monoisotopic (exact) mass is 483 g/mol. The minimum Gasteiger partial charge on any atom is -0.497 e. The first kappa shape index (κ1) is 24.7. The number of amides is 2. The lowest BCUT2D eigenvalue weighted by Gasteiger charge is -2.21. The number of methoxy groups -OCH3 is 1. The van der Waals surface area contributed by atoms with Crippen molar-refractivity contribution in [1.29, 1.82) is 0 Å². The van der Waals surface area contributed by atoms with Gasteiger partial charge in [0.05, 0.1) is 13.7 Å². The molecule has 0 spiro atoms. The second-order valence-corrected chi connectivity index (χ2v) is 8.54. The molecule has 2 amide bonds. The van der Waals surface area contributed by atoms with Gasteiger partial charge in [0.15, 0.2) is 11.5 Å². The first-order chi connectivity index (χ1) is 17.5. The Bertz CT molecular complexity index is 1280. The second kappa shape index (κ2) is 11.8. The Hall–Kier alpha value is -4.39. The maximum Gasteiger partial charge on any atom is 0.273 e. The van der Waals surface area contributed by atoms with E-state index >= 15 is 0 Å². The van der Waals surface area contributed by atoms with Crippen molar-refractivity contribution in [3.8, 4) is 5.75 Å². The van der Waals surface area contributed by atoms with Crippen LogP contribution in [0.2, 0.25) is 0 Å². The van der Waals surface area contributed by atoms with Crippen LogP contribution in [-0.2, 0) is 19.5 Å². The Morgan fingerprint density at radius 2 is 1.64 bits per heavy atom. The standard InChI is InChI=1S/C29H29N3O4/c1-21-8-10-23(11-9-21)19-30-28(33)27-18-26(36-31-27)20-32(29(34)24-6-4-3-5-7-24)17-16-22-12-14-25(35-2)15-13-22/h3-15,18H,16-17,19-20H2,1-2H3,(H,30,33). The summed E-state index contributed by atoms with van der Waals surface area (Å²) < 4.78 is 10.7. The smallest absolute Gasteiger partial charge is 0.273 e. The Morgan fingerprint density at radius 1 is 0.944 bits per heavy atom. The van der Waals surface area contributed by atoms with Gasteiger partial charge in [0.25, 0.3) is 11.8 Å². The van der Waals surface area contributed by atoms with Gasteiger partial charge in [-0.3, -0.25) is 9.59 Å². The van der Waals surface area contributed by atoms with Crippen molar-refractivity contribution in [3.63, 3.8) is 0 Å². The van der Waals surface area contributed by atoms with Crippen LogP contribution >= 0.6 is 0 Å². The van der Waals surface area contributed by atoms with E-state index in [4.69, 9.17) is 9.26 Å². The van der Waals surface area contributed by atoms with Crippen LogP contribution in [0.15, 0.2) is 89.5 Å². The predicted molar refractivity (Wildman–Crippen MR) is 137 cm³/mol. The van der Waals surface area contributed by atoms with Crippen LogP contribution in [0, 0.1) is 6.92 Å². The molecule has 7 nitrogen and oxygen atoms in total. The van der Waals surface area contributed by atoms with Crippen molar-refractivity contribution in [2.45, 2.75) is 26.4 Å². The molecule has 0 unspecified atom stereocenters. The van der Waals surface area contributed by atoms with E-state index in [1.807, 2.05) is 73.7 Å². The largest absolute Gasteiger partial charge is 0.497 e. The minimum atomic E-state index is -0.329. The van der Waals surface area contributed by atoms with E-state index in [1.54, 1.807) is 30.2 Å². The normalized spacial score (nSPS) is 10.6. The molecule has 36 heavy (non-hydrogen) atoms. The molecular weight excluding hydrogens is 454 g/mol. The van der Waals surface area contributed by atoms with Gasteiger partial charge >= 0.3 is 0 Å². The van der Waals surface area contributed by atoms with Crippen molar-refractivity contribution in [1.82, 2.24) is 15.4 Å². The van der Waals surface area contributed by atoms with Crippen molar-refractivity contribution >= 4 is 11.8 Å². The molecule has 1 aromatic heterocycles. The molecule has 1 N–H and O–H groups in total. The highest BCUT2D eigenvalue weighted by molar-refractivity contribution is 5.94. The topological polar surface area (TPSA) is 84.7 Å². The lowest BCUT2D eigenvalue weighted by Crippen LogP contribution is -2.32. The molecule has 0 atom stereocenters. The van der Waals surface area contributed by atoms with Crippen LogP contribution < -0.4 is 10.1 Å². The zero-order chi connectivity index (χ0) is 25.3. The highest BCUT2D eigenvalue weighted by atomic mass is 16.5. The number of aryl methyl sites for hydroxylation is 1. The van der Waals surface area contributed by atoms with Gasteiger partial charge in [-0.05, 0) is 48.7 Å². The van der Waals surface area contributed by atoms with E-state index in [0.717, 1.165) is 22.4 Å². The molecule has 0 fully saturated rings. The molecule has 0 aliphatic rings. The van der Waals surface area contributed by atoms with E-state index in [2.05, 4.69) is 10.5 Å². The number of hydrogen-bond acceptors (Lipinski definition) is 5. The third-order valence-corrected chi connectivity index (χ3v) is 5.85. The number of hydrogen-bond donors (Lipinski definition) is 1. The van der Waals surface area contributed by atoms with Gasteiger partial charge in [-0.15, -0.1) is 0 Å². The maximum atomic E-state index is 13.3. The average molecular weight is 484 g/mol. The molecule has 1 heterocycles. The Kier molecular flexibility index (Phi) is 8.13. The molecular formula is C29H29N3O4. The minimum absolute atomic E-state index is 0.120. The SMILES string of the molecule is COc1ccc(CCN(Cc2cc(C(=O)NCc3ccc(C)cc3)no2)C(=O)c2ccccc2)cc1. The van der Waals surface area contributed by atoms with E-state index in [9.17, 15) is 9.59 Å². The molecule has 0 saturated carbocycles. The molecule has 0 bridgehead atoms. The fraction of sp³-hybridized carbons (Fsp3) is 0.207. The van der Waals surface area contributed by atoms with Gasteiger partial charge in [-0.25, -0.2) is 0 Å². The van der Waals surface area contributed by atoms with Crippen LogP contribution in [0.5, 0.6) is 5.75 Å². The number of carbonyl (C=O) groups is 2. The molecule has 7 heteroatoms. The number of rotatable bonds is 10. The van der Waals surface area contributed by atoms with Gasteiger partial charge in [0.2, 0.25) is 0 Å². The Morgan fingerprint density at radius 3 is 2.33 bits per heavy atom. The first-order valence-electron chi connectivity index (χ1n) is 11.8. The molecule has 0 radical (unpaired) electrons. The maximum absolute atomic E-state index is 13.3. The summed E-state index contributed by atoms with van der Waals surface area (Å²) in [6.07, 6.45) is 0.653. The summed E-state index contributed by atoms with van der Waals surface area (Å²) in [5, 5.41) is 6.78. The number of nitrogens with zero attached hydrogens (tertiary/aromatic N) is 2. The highest BCUT2D eigenvalue weighted by Crippen LogP contribution is 2.16. The first-order valence-corrected chi connectivity index (χ1v) is 11.8. The fourth-order valence-corrected chi connectivity index (χ4v) is 3.73. The third-order valence-electron chi connectivity index (χ3n) is 5.85. The predicted octanol–water partition coefficient (Wildman–Crippen LogP) is 4.81. The number of aromatic nitrogens is 1. The van der Waals surface area contributed by atoms with Crippen LogP contribution in [-0.4, -0.2) is 35.5 Å². The summed E-state index contributed by atoms with van der Waals surface area (Å²) in [5.41, 5.74) is 4.00. The summed E-state index contributed by atoms with van der Waals surface area (Å²) in [6, 6.07) is 26.4. The Balaban J connectivity index is 1.42. The molecule has 0 aliphatic carbocycles. The van der Waals surface area contributed by atoms with Crippen molar-refractivity contribution in [2.75, 3.05) is 13.7 Å². The molecule has 0 saturated heterocycles. The lowest BCUT2D eigenvalue weighted by molar-refractivity contribution is 0.0729. The van der Waals surface area contributed by atoms with Crippen molar-refractivity contribution in [2.24, 2.45) is 0 Å². The second-order valence-electron chi connectivity index (χ2n) is 8.54. The number of carbonyl (C=O) groups excluding carboxylic acids is 2. The third kappa shape index (κ3) is 6.60. The fourth-order valence-electron chi connectivity index (χ4n) is 3.73. The lowest BCUT2D eigenvalue weighted by atomic mass is 10.1. The van der Waals surface area contributed by atoms with E-state index in [0.29, 0.717) is 30.8 Å². The van der Waals surface area contributed by atoms with Crippen LogP contribution in [0.1, 0.15) is 43.3 Å². The van der Waals surface area contributed by atoms with Gasteiger partial charge in [-0.1, -0.05) is 65.3 Å². The molecule has 4 aromatic rings. The molecule has 3 aromatic carbocycles. The van der Waals surface area contributed by atoms with Crippen molar-refractivity contribution < 1.29 is 18.8 Å². The van der Waals surface area contributed by atoms with Crippen LogP contribution in [0.4, 0.5) is 0 Å². The quantitative estimate of drug-likeness (QED) is 0.350. The van der Waals surface area contributed by atoms with Crippen LogP contribution in [0.25, 0.3) is 0 Å². The summed E-state index contributed by atoms with van der Waals surface area (Å²) in [5.74, 6) is 0.774. The number of benzene rings is 3. The van der Waals surface area contributed by atoms with Gasteiger partial charge in [0, 0.05) is 24.7 Å². The average Bonchev–Trinajstić information content (AvgIpc) is 3.39. The van der Waals surface area contributed by atoms with Gasteiger partial charge in [0.1, 0.15) is 5.75 Å². The summed E-state index contributed by atoms with van der Waals surface area (Å²) in [7, 11) is 1.63. The van der Waals surface area contributed by atoms with Crippen molar-refractivity contribution in [3.05, 3.63) is 119 Å². The number of ether oxygens (including phenoxy) is 1.